The molecule has 0 fully saturated rings. The van der Waals surface area contributed by atoms with Gasteiger partial charge in [0, 0.05) is 41.2 Å². The van der Waals surface area contributed by atoms with E-state index in [1.54, 1.807) is 6.07 Å². The van der Waals surface area contributed by atoms with Gasteiger partial charge in [0.1, 0.15) is 11.6 Å². The molecule has 7 heteroatoms. The summed E-state index contributed by atoms with van der Waals surface area (Å²) in [5, 5.41) is 10.8. The minimum atomic E-state index is 0.149. The highest BCUT2D eigenvalue weighted by Crippen LogP contribution is 2.39. The second-order valence-corrected chi connectivity index (χ2v) is 11.1. The monoisotopic (exact) mass is 563 g/mol. The van der Waals surface area contributed by atoms with E-state index >= 15 is 0 Å². The predicted molar refractivity (Wildman–Crippen MR) is 158 cm³/mol. The quantitative estimate of drug-likeness (QED) is 0.225. The minimum absolute atomic E-state index is 0.149. The van der Waals surface area contributed by atoms with Gasteiger partial charge >= 0.3 is 0 Å². The maximum absolute atomic E-state index is 10.8. The Morgan fingerprint density at radius 3 is 2.42 bits per heavy atom. The highest BCUT2D eigenvalue weighted by Gasteiger charge is 2.29. The number of aromatic nitrogens is 2. The molecule has 2 aliphatic heterocycles. The van der Waals surface area contributed by atoms with E-state index in [0.717, 1.165) is 40.8 Å². The van der Waals surface area contributed by atoms with Crippen LogP contribution in [0.15, 0.2) is 76.2 Å². The molecule has 38 heavy (non-hydrogen) atoms. The van der Waals surface area contributed by atoms with Crippen LogP contribution in [-0.2, 0) is 13.1 Å². The van der Waals surface area contributed by atoms with Crippen LogP contribution in [0.5, 0.6) is 5.75 Å². The number of nitrogens with one attached hydrogen (secondary N) is 1. The van der Waals surface area contributed by atoms with Gasteiger partial charge in [0.2, 0.25) is 0 Å². The molecule has 3 heterocycles. The zero-order chi connectivity index (χ0) is 26.0. The molecule has 2 N–H and O–H groups in total. The van der Waals surface area contributed by atoms with Gasteiger partial charge in [-0.05, 0) is 96.3 Å². The molecule has 0 saturated heterocycles. The number of aryl methyl sites for hydroxylation is 2. The summed E-state index contributed by atoms with van der Waals surface area (Å²) in [5.41, 5.74) is 11.9. The number of hydrogen-bond acceptors (Lipinski definition) is 5. The van der Waals surface area contributed by atoms with Gasteiger partial charge in [0.25, 0.3) is 0 Å². The molecular weight excluding hydrogens is 538 g/mol. The Morgan fingerprint density at radius 2 is 1.63 bits per heavy atom. The lowest BCUT2D eigenvalue weighted by Crippen LogP contribution is -2.46. The molecule has 0 atom stereocenters. The van der Waals surface area contributed by atoms with Crippen LogP contribution in [0.3, 0.4) is 0 Å². The third kappa shape index (κ3) is 3.94. The molecule has 0 unspecified atom stereocenters. The van der Waals surface area contributed by atoms with Crippen LogP contribution in [0, 0.1) is 13.8 Å². The Kier molecular flexibility index (Phi) is 5.30. The van der Waals surface area contributed by atoms with Crippen LogP contribution >= 0.6 is 15.9 Å². The number of rotatable bonds is 3. The first-order chi connectivity index (χ1) is 18.4. The van der Waals surface area contributed by atoms with Crippen molar-refractivity contribution in [3.8, 4) is 17.1 Å². The number of imidazole rings is 1. The fraction of sp³-hybridized carbons (Fsp3) is 0.161. The lowest BCUT2D eigenvalue weighted by molar-refractivity contribution is 0.477. The third-order valence-corrected chi connectivity index (χ3v) is 8.08. The summed E-state index contributed by atoms with van der Waals surface area (Å²) in [5.74, 6) is 0.800. The number of fused-ring (bicyclic) bond motifs is 7. The summed E-state index contributed by atoms with van der Waals surface area (Å²) in [6.45, 7) is 6.84. The van der Waals surface area contributed by atoms with Crippen molar-refractivity contribution < 1.29 is 5.11 Å². The number of phenolic OH excluding ortho intramolecular Hbond substituents is 1. The Balaban J connectivity index is 1.13. The number of aliphatic imine (C=N–C) groups is 1. The molecule has 6 nitrogen and oxygen atoms in total. The van der Waals surface area contributed by atoms with Gasteiger partial charge in [-0.1, -0.05) is 22.0 Å². The fourth-order valence-electron chi connectivity index (χ4n) is 5.50. The molecule has 188 valence electrons. The first kappa shape index (κ1) is 23.0. The van der Waals surface area contributed by atoms with E-state index in [2.05, 4.69) is 103 Å². The molecule has 4 aromatic carbocycles. The maximum atomic E-state index is 10.8. The number of phenols is 1. The van der Waals surface area contributed by atoms with Crippen LogP contribution < -0.4 is 9.80 Å². The average Bonchev–Trinajstić information content (AvgIpc) is 3.29. The molecule has 0 radical (unpaired) electrons. The van der Waals surface area contributed by atoms with Gasteiger partial charge in [-0.2, -0.15) is 0 Å². The number of nitrogens with zero attached hydrogens (tertiary/aromatic N) is 4. The van der Waals surface area contributed by atoms with Crippen LogP contribution in [0.25, 0.3) is 22.4 Å². The Labute approximate surface area is 229 Å². The Hall–Kier alpha value is -4.10. The van der Waals surface area contributed by atoms with Crippen molar-refractivity contribution in [2.45, 2.75) is 26.9 Å². The first-order valence-corrected chi connectivity index (χ1v) is 13.5. The summed E-state index contributed by atoms with van der Waals surface area (Å²) < 4.78 is 1.12. The largest absolute Gasteiger partial charge is 0.507 e. The van der Waals surface area contributed by atoms with E-state index in [9.17, 15) is 5.11 Å². The van der Waals surface area contributed by atoms with Crippen molar-refractivity contribution >= 4 is 50.2 Å². The number of hydrogen-bond donors (Lipinski definition) is 2. The topological polar surface area (TPSA) is 67.8 Å². The molecule has 2 bridgehead atoms. The molecule has 5 aromatic rings. The summed E-state index contributed by atoms with van der Waals surface area (Å²) in [6.07, 6.45) is 1.86. The van der Waals surface area contributed by atoms with Gasteiger partial charge in [-0.3, -0.25) is 4.99 Å². The van der Waals surface area contributed by atoms with Gasteiger partial charge in [0.15, 0.2) is 0 Å². The third-order valence-electron chi connectivity index (χ3n) is 7.59. The number of benzene rings is 4. The van der Waals surface area contributed by atoms with Gasteiger partial charge < -0.3 is 19.9 Å². The van der Waals surface area contributed by atoms with E-state index in [1.165, 1.54) is 33.6 Å². The second-order valence-electron chi connectivity index (χ2n) is 10.2. The maximum Gasteiger partial charge on any atom is 0.142 e. The molecule has 2 aliphatic rings. The fourth-order valence-corrected chi connectivity index (χ4v) is 5.91. The van der Waals surface area contributed by atoms with E-state index in [0.29, 0.717) is 17.1 Å². The lowest BCUT2D eigenvalue weighted by atomic mass is 10.0. The van der Waals surface area contributed by atoms with Crippen molar-refractivity contribution in [2.75, 3.05) is 16.5 Å². The first-order valence-electron chi connectivity index (χ1n) is 12.7. The zero-order valence-corrected chi connectivity index (χ0v) is 22.7. The molecule has 0 aliphatic carbocycles. The second kappa shape index (κ2) is 8.74. The van der Waals surface area contributed by atoms with Crippen LogP contribution in [-0.4, -0.2) is 28.0 Å². The van der Waals surface area contributed by atoms with Gasteiger partial charge in [-0.15, -0.1) is 0 Å². The van der Waals surface area contributed by atoms with Crippen LogP contribution in [0.4, 0.5) is 17.1 Å². The molecule has 0 spiro atoms. The molecule has 0 saturated carbocycles. The van der Waals surface area contributed by atoms with Crippen molar-refractivity contribution in [3.05, 3.63) is 99.0 Å². The van der Waals surface area contributed by atoms with E-state index in [4.69, 9.17) is 0 Å². The normalized spacial score (nSPS) is 14.3. The van der Waals surface area contributed by atoms with Crippen molar-refractivity contribution in [1.29, 1.82) is 0 Å². The predicted octanol–water partition coefficient (Wildman–Crippen LogP) is 7.36. The van der Waals surface area contributed by atoms with E-state index < -0.39 is 0 Å². The summed E-state index contributed by atoms with van der Waals surface area (Å²) in [7, 11) is 0. The number of aromatic amines is 1. The highest BCUT2D eigenvalue weighted by atomic mass is 79.9. The van der Waals surface area contributed by atoms with E-state index in [-0.39, 0.29) is 5.75 Å². The van der Waals surface area contributed by atoms with Crippen LogP contribution in [0.1, 0.15) is 27.8 Å². The van der Waals surface area contributed by atoms with Crippen molar-refractivity contribution in [1.82, 2.24) is 9.97 Å². The number of anilines is 2. The smallest absolute Gasteiger partial charge is 0.142 e. The molecule has 0 amide bonds. The Bertz CT molecular complexity index is 1730. The highest BCUT2D eigenvalue weighted by molar-refractivity contribution is 9.10. The average molecular weight is 564 g/mol. The standard InChI is InChI=1S/C31H26BrN5O/c1-18-9-26-27(10-19(18)2)35-31(34-26)25-6-5-24(13-30(25)38)33-14-20-3-7-28-21(11-20)15-36-17-37(28)16-22-12-23(32)4-8-29(22)36/h3-14,38H,15-17H2,1-2H3,(H,34,35). The summed E-state index contributed by atoms with van der Waals surface area (Å²) in [4.78, 5) is 17.5. The van der Waals surface area contributed by atoms with Crippen LogP contribution in [0.2, 0.25) is 0 Å². The van der Waals surface area contributed by atoms with Crippen molar-refractivity contribution in [3.63, 3.8) is 0 Å². The lowest BCUT2D eigenvalue weighted by Gasteiger charge is -2.44. The number of halogens is 1. The number of aromatic hydroxyl groups is 1. The Morgan fingerprint density at radius 1 is 0.895 bits per heavy atom. The molecule has 7 rings (SSSR count). The summed E-state index contributed by atoms with van der Waals surface area (Å²) in [6, 6.07) is 22.7. The zero-order valence-electron chi connectivity index (χ0n) is 21.2. The number of H-pyrrole nitrogens is 1. The van der Waals surface area contributed by atoms with Gasteiger partial charge in [0.05, 0.1) is 29.0 Å². The SMILES string of the molecule is Cc1cc2nc(-c3ccc(N=Cc4ccc5c(c4)CN4CN5Cc5cc(Br)ccc54)cc3O)[nH]c2cc1C. The summed E-state index contributed by atoms with van der Waals surface area (Å²) >= 11 is 3.61. The molecular formula is C31H26BrN5O. The van der Waals surface area contributed by atoms with Gasteiger partial charge in [-0.25, -0.2) is 4.98 Å². The molecule has 1 aromatic heterocycles. The van der Waals surface area contributed by atoms with Crippen molar-refractivity contribution in [2.24, 2.45) is 4.99 Å². The van der Waals surface area contributed by atoms with E-state index in [1.807, 2.05) is 18.3 Å². The minimum Gasteiger partial charge on any atom is -0.507 e.